The normalized spacial score (nSPS) is 26.3. The van der Waals surface area contributed by atoms with Crippen LogP contribution >= 0.6 is 15.9 Å². The van der Waals surface area contributed by atoms with E-state index in [0.717, 1.165) is 33.2 Å². The van der Waals surface area contributed by atoms with Crippen LogP contribution in [-0.4, -0.2) is 47.8 Å². The number of halogens is 1. The Hall–Kier alpha value is -2.21. The van der Waals surface area contributed by atoms with Crippen LogP contribution in [0.1, 0.15) is 17.5 Å². The minimum Gasteiger partial charge on any atom is -0.386 e. The van der Waals surface area contributed by atoms with Gasteiger partial charge in [0.05, 0.1) is 6.04 Å². The van der Waals surface area contributed by atoms with Crippen molar-refractivity contribution >= 4 is 33.0 Å². The molecule has 0 aromatic heterocycles. The van der Waals surface area contributed by atoms with E-state index in [1.54, 1.807) is 4.90 Å². The van der Waals surface area contributed by atoms with E-state index in [4.69, 9.17) is 4.74 Å². The third kappa shape index (κ3) is 2.54. The Balaban J connectivity index is 1.66. The highest BCUT2D eigenvalue weighted by molar-refractivity contribution is 9.10. The fourth-order valence-electron chi connectivity index (χ4n) is 4.62. The van der Waals surface area contributed by atoms with Gasteiger partial charge in [-0.1, -0.05) is 58.4 Å². The third-order valence-corrected chi connectivity index (χ3v) is 6.61. The number of aliphatic hydroxyl groups is 1. The lowest BCUT2D eigenvalue weighted by Gasteiger charge is -2.47. The number of nitrogens with zero attached hydrogens (tertiary/aromatic N) is 1. The molecule has 5 heteroatoms. The summed E-state index contributed by atoms with van der Waals surface area (Å²) in [5, 5.41) is 11.3. The number of ether oxygens (including phenoxy) is 1. The van der Waals surface area contributed by atoms with E-state index in [-0.39, 0.29) is 11.9 Å². The van der Waals surface area contributed by atoms with Gasteiger partial charge in [-0.05, 0) is 52.0 Å². The van der Waals surface area contributed by atoms with Gasteiger partial charge in [-0.15, -0.1) is 0 Å². The maximum atomic E-state index is 12.6. The first-order chi connectivity index (χ1) is 13.6. The van der Waals surface area contributed by atoms with Crippen LogP contribution in [0.15, 0.2) is 70.2 Å². The van der Waals surface area contributed by atoms with Gasteiger partial charge in [0.15, 0.2) is 6.10 Å². The molecule has 142 valence electrons. The first kappa shape index (κ1) is 17.9. The SMILES string of the molecule is CO[C@H]1C(=O)N2CC3=C(c4ccc(Br)cc4)CC3=C(c3ccccc3)[C@@H](O)[C@@H]12. The summed E-state index contributed by atoms with van der Waals surface area (Å²) in [5.74, 6) is -0.0465. The standard InChI is InChI=1S/C23H20BrNO3/c1-28-22-20-21(26)19(14-5-3-2-4-6-14)17-11-16(13-7-9-15(24)10-8-13)18(17)12-25(20)23(22)27/h2-10,20-22,26H,11-12H2,1H3/t20-,21+,22+/m0/s1. The third-order valence-electron chi connectivity index (χ3n) is 6.08. The number of carbonyl (C=O) groups excluding carboxylic acids is 1. The molecule has 3 atom stereocenters. The second kappa shape index (κ2) is 6.69. The number of allylic oxidation sites excluding steroid dienone is 1. The van der Waals surface area contributed by atoms with Crippen LogP contribution in [0.3, 0.4) is 0 Å². The maximum absolute atomic E-state index is 12.6. The van der Waals surface area contributed by atoms with Crippen LogP contribution in [-0.2, 0) is 9.53 Å². The summed E-state index contributed by atoms with van der Waals surface area (Å²) < 4.78 is 6.44. The molecule has 2 aromatic carbocycles. The fraction of sp³-hybridized carbons (Fsp3) is 0.261. The number of benzene rings is 2. The van der Waals surface area contributed by atoms with Crippen molar-refractivity contribution < 1.29 is 14.6 Å². The molecule has 1 saturated heterocycles. The number of amides is 1. The lowest BCUT2D eigenvalue weighted by molar-refractivity contribution is -0.175. The van der Waals surface area contributed by atoms with Crippen molar-refractivity contribution in [2.45, 2.75) is 24.7 Å². The van der Waals surface area contributed by atoms with Crippen LogP contribution in [0.2, 0.25) is 0 Å². The first-order valence-corrected chi connectivity index (χ1v) is 10.2. The molecule has 2 aliphatic heterocycles. The Kier molecular flexibility index (Phi) is 4.27. The fourth-order valence-corrected chi connectivity index (χ4v) is 4.89. The maximum Gasteiger partial charge on any atom is 0.254 e. The highest BCUT2D eigenvalue weighted by atomic mass is 79.9. The number of hydrogen-bond acceptors (Lipinski definition) is 3. The average molecular weight is 438 g/mol. The van der Waals surface area contributed by atoms with Crippen LogP contribution in [0.25, 0.3) is 11.1 Å². The number of rotatable bonds is 3. The van der Waals surface area contributed by atoms with Crippen molar-refractivity contribution in [2.75, 3.05) is 13.7 Å². The smallest absolute Gasteiger partial charge is 0.254 e. The Labute approximate surface area is 172 Å². The Bertz CT molecular complexity index is 1010. The zero-order valence-corrected chi connectivity index (χ0v) is 17.0. The summed E-state index contributed by atoms with van der Waals surface area (Å²) in [5.41, 5.74) is 6.67. The first-order valence-electron chi connectivity index (χ1n) is 9.38. The van der Waals surface area contributed by atoms with Gasteiger partial charge in [0.1, 0.15) is 6.10 Å². The second-order valence-corrected chi connectivity index (χ2v) is 8.37. The van der Waals surface area contributed by atoms with Crippen molar-refractivity contribution in [3.63, 3.8) is 0 Å². The molecule has 3 aliphatic rings. The van der Waals surface area contributed by atoms with E-state index < -0.39 is 12.2 Å². The number of hydrogen-bond donors (Lipinski definition) is 1. The number of aliphatic hydroxyl groups excluding tert-OH is 1. The summed E-state index contributed by atoms with van der Waals surface area (Å²) in [6, 6.07) is 17.9. The van der Waals surface area contributed by atoms with Crippen molar-refractivity contribution in [3.8, 4) is 0 Å². The summed E-state index contributed by atoms with van der Waals surface area (Å²) in [4.78, 5) is 14.3. The van der Waals surface area contributed by atoms with Gasteiger partial charge in [-0.2, -0.15) is 0 Å². The van der Waals surface area contributed by atoms with Gasteiger partial charge in [-0.3, -0.25) is 4.79 Å². The van der Waals surface area contributed by atoms with Crippen LogP contribution in [0.4, 0.5) is 0 Å². The Morgan fingerprint density at radius 2 is 1.71 bits per heavy atom. The molecule has 0 radical (unpaired) electrons. The van der Waals surface area contributed by atoms with Crippen molar-refractivity contribution in [1.82, 2.24) is 4.90 Å². The molecule has 0 spiro atoms. The summed E-state index contributed by atoms with van der Waals surface area (Å²) >= 11 is 3.49. The van der Waals surface area contributed by atoms with Crippen molar-refractivity contribution in [2.24, 2.45) is 0 Å². The van der Waals surface area contributed by atoms with Crippen LogP contribution < -0.4 is 0 Å². The number of β-lactam (4-membered cyclic amide) rings is 1. The molecule has 5 rings (SSSR count). The summed E-state index contributed by atoms with van der Waals surface area (Å²) in [6.45, 7) is 0.525. The zero-order valence-electron chi connectivity index (χ0n) is 15.4. The molecule has 0 unspecified atom stereocenters. The van der Waals surface area contributed by atoms with E-state index in [0.29, 0.717) is 6.54 Å². The van der Waals surface area contributed by atoms with Gasteiger partial charge in [0, 0.05) is 18.1 Å². The van der Waals surface area contributed by atoms with Gasteiger partial charge < -0.3 is 14.7 Å². The van der Waals surface area contributed by atoms with E-state index in [9.17, 15) is 9.90 Å². The van der Waals surface area contributed by atoms with Gasteiger partial charge in [-0.25, -0.2) is 0 Å². The molecule has 4 nitrogen and oxygen atoms in total. The molecule has 0 bridgehead atoms. The second-order valence-electron chi connectivity index (χ2n) is 7.46. The number of methoxy groups -OCH3 is 1. The molecule has 2 heterocycles. The van der Waals surface area contributed by atoms with Crippen molar-refractivity contribution in [1.29, 1.82) is 0 Å². The monoisotopic (exact) mass is 437 g/mol. The minimum atomic E-state index is -0.760. The number of fused-ring (bicyclic) bond motifs is 2. The van der Waals surface area contributed by atoms with E-state index in [1.807, 2.05) is 42.5 Å². The molecular weight excluding hydrogens is 418 g/mol. The summed E-state index contributed by atoms with van der Waals surface area (Å²) in [7, 11) is 1.54. The topological polar surface area (TPSA) is 49.8 Å². The summed E-state index contributed by atoms with van der Waals surface area (Å²) in [6.07, 6.45) is -0.544. The Morgan fingerprint density at radius 1 is 1.00 bits per heavy atom. The lowest BCUT2D eigenvalue weighted by atomic mass is 9.75. The van der Waals surface area contributed by atoms with E-state index in [1.165, 1.54) is 18.2 Å². The molecule has 1 aliphatic carbocycles. The predicted molar refractivity (Wildman–Crippen MR) is 111 cm³/mol. The molecular formula is C23H20BrNO3. The van der Waals surface area contributed by atoms with Crippen LogP contribution in [0, 0.1) is 0 Å². The quantitative estimate of drug-likeness (QED) is 0.745. The molecule has 0 saturated carbocycles. The van der Waals surface area contributed by atoms with Crippen molar-refractivity contribution in [3.05, 3.63) is 81.3 Å². The lowest BCUT2D eigenvalue weighted by Crippen LogP contribution is -2.69. The molecule has 1 N–H and O–H groups in total. The molecule has 1 amide bonds. The van der Waals surface area contributed by atoms with Gasteiger partial charge in [0.2, 0.25) is 0 Å². The van der Waals surface area contributed by atoms with Gasteiger partial charge in [0.25, 0.3) is 5.91 Å². The highest BCUT2D eigenvalue weighted by Gasteiger charge is 2.55. The largest absolute Gasteiger partial charge is 0.386 e. The Morgan fingerprint density at radius 3 is 2.39 bits per heavy atom. The van der Waals surface area contributed by atoms with Crippen LogP contribution in [0.5, 0.6) is 0 Å². The van der Waals surface area contributed by atoms with E-state index in [2.05, 4.69) is 28.1 Å². The minimum absolute atomic E-state index is 0.0465. The molecule has 2 aromatic rings. The number of carbonyl (C=O) groups is 1. The predicted octanol–water partition coefficient (Wildman–Crippen LogP) is 3.66. The van der Waals surface area contributed by atoms with E-state index >= 15 is 0 Å². The average Bonchev–Trinajstić information content (AvgIpc) is 2.77. The van der Waals surface area contributed by atoms with Gasteiger partial charge >= 0.3 is 0 Å². The zero-order chi connectivity index (χ0) is 19.4. The molecule has 28 heavy (non-hydrogen) atoms. The highest BCUT2D eigenvalue weighted by Crippen LogP contribution is 2.50. The molecule has 1 fully saturated rings.